The van der Waals surface area contributed by atoms with Gasteiger partial charge in [0.1, 0.15) is 10.8 Å². The molecule has 0 aromatic carbocycles. The van der Waals surface area contributed by atoms with Crippen LogP contribution in [0.5, 0.6) is 0 Å². The monoisotopic (exact) mass is 289 g/mol. The first-order chi connectivity index (χ1) is 8.89. The van der Waals surface area contributed by atoms with Crippen LogP contribution in [0.1, 0.15) is 18.4 Å². The summed E-state index contributed by atoms with van der Waals surface area (Å²) in [7, 11) is 0. The van der Waals surface area contributed by atoms with Crippen molar-refractivity contribution in [2.24, 2.45) is 11.7 Å². The van der Waals surface area contributed by atoms with Crippen LogP contribution in [0.15, 0.2) is 18.3 Å². The molecule has 1 aliphatic rings. The van der Waals surface area contributed by atoms with Crippen LogP contribution in [-0.2, 0) is 0 Å². The Kier molecular flexibility index (Phi) is 3.93. The van der Waals surface area contributed by atoms with Gasteiger partial charge >= 0.3 is 6.18 Å². The number of piperidine rings is 1. The van der Waals surface area contributed by atoms with E-state index in [1.165, 1.54) is 6.20 Å². The molecule has 1 aromatic rings. The Balaban J connectivity index is 2.25. The van der Waals surface area contributed by atoms with E-state index in [1.807, 2.05) is 0 Å². The van der Waals surface area contributed by atoms with E-state index in [4.69, 9.17) is 18.0 Å². The van der Waals surface area contributed by atoms with Crippen molar-refractivity contribution in [1.82, 2.24) is 4.98 Å². The second kappa shape index (κ2) is 5.32. The van der Waals surface area contributed by atoms with Crippen molar-refractivity contribution in [3.8, 4) is 0 Å². The predicted octanol–water partition coefficient (Wildman–Crippen LogP) is 2.49. The number of aromatic nitrogens is 1. The standard InChI is InChI=1S/C12H14F3N3S/c13-12(14,15)8-3-2-6-18(7-8)11-9(10(16)19)4-1-5-17-11/h1,4-5,8H,2-3,6-7H2,(H2,16,19). The van der Waals surface area contributed by atoms with Gasteiger partial charge in [0.25, 0.3) is 0 Å². The molecule has 1 aliphatic heterocycles. The van der Waals surface area contributed by atoms with Gasteiger partial charge in [-0.3, -0.25) is 0 Å². The Bertz CT molecular complexity index is 476. The molecule has 104 valence electrons. The van der Waals surface area contributed by atoms with E-state index < -0.39 is 12.1 Å². The number of pyridine rings is 1. The SMILES string of the molecule is NC(=S)c1cccnc1N1CCCC(C(F)(F)F)C1. The van der Waals surface area contributed by atoms with Crippen LogP contribution in [0, 0.1) is 5.92 Å². The summed E-state index contributed by atoms with van der Waals surface area (Å²) in [6.45, 7) is 0.454. The Labute approximate surface area is 114 Å². The average molecular weight is 289 g/mol. The van der Waals surface area contributed by atoms with Crippen LogP contribution in [0.4, 0.5) is 19.0 Å². The van der Waals surface area contributed by atoms with Gasteiger partial charge in [0.2, 0.25) is 0 Å². The van der Waals surface area contributed by atoms with Crippen LogP contribution >= 0.6 is 12.2 Å². The lowest BCUT2D eigenvalue weighted by molar-refractivity contribution is -0.176. The van der Waals surface area contributed by atoms with Gasteiger partial charge in [-0.15, -0.1) is 0 Å². The lowest BCUT2D eigenvalue weighted by atomic mass is 9.97. The van der Waals surface area contributed by atoms with Crippen molar-refractivity contribution in [3.05, 3.63) is 23.9 Å². The quantitative estimate of drug-likeness (QED) is 0.849. The minimum absolute atomic E-state index is 0.0872. The van der Waals surface area contributed by atoms with E-state index in [2.05, 4.69) is 4.98 Å². The topological polar surface area (TPSA) is 42.1 Å². The fourth-order valence-corrected chi connectivity index (χ4v) is 2.44. The molecule has 2 N–H and O–H groups in total. The maximum absolute atomic E-state index is 12.8. The predicted molar refractivity (Wildman–Crippen MR) is 71.1 cm³/mol. The molecule has 1 unspecified atom stereocenters. The first-order valence-corrected chi connectivity index (χ1v) is 6.37. The Hall–Kier alpha value is -1.37. The van der Waals surface area contributed by atoms with E-state index >= 15 is 0 Å². The van der Waals surface area contributed by atoms with E-state index in [0.29, 0.717) is 24.3 Å². The molecule has 0 aliphatic carbocycles. The summed E-state index contributed by atoms with van der Waals surface area (Å²) in [5, 5.41) is 0. The largest absolute Gasteiger partial charge is 0.393 e. The highest BCUT2D eigenvalue weighted by Crippen LogP contribution is 2.34. The molecule has 19 heavy (non-hydrogen) atoms. The molecule has 0 spiro atoms. The highest BCUT2D eigenvalue weighted by atomic mass is 32.1. The van der Waals surface area contributed by atoms with Crippen molar-refractivity contribution in [2.75, 3.05) is 18.0 Å². The van der Waals surface area contributed by atoms with Gasteiger partial charge in [-0.2, -0.15) is 13.2 Å². The highest BCUT2D eigenvalue weighted by molar-refractivity contribution is 7.80. The van der Waals surface area contributed by atoms with Gasteiger partial charge in [0, 0.05) is 19.3 Å². The first kappa shape index (κ1) is 14.0. The minimum atomic E-state index is -4.17. The average Bonchev–Trinajstić information content (AvgIpc) is 2.38. The number of halogens is 3. The third-order valence-electron chi connectivity index (χ3n) is 3.24. The normalized spacial score (nSPS) is 20.4. The summed E-state index contributed by atoms with van der Waals surface area (Å²) >= 11 is 4.91. The smallest absolute Gasteiger partial charge is 0.389 e. The molecule has 1 aromatic heterocycles. The summed E-state index contributed by atoms with van der Waals surface area (Å²) in [5.74, 6) is -0.869. The maximum atomic E-state index is 12.8. The van der Waals surface area contributed by atoms with Gasteiger partial charge in [-0.25, -0.2) is 4.98 Å². The zero-order chi connectivity index (χ0) is 14.0. The lowest BCUT2D eigenvalue weighted by Gasteiger charge is -2.35. The Morgan fingerprint density at radius 1 is 1.47 bits per heavy atom. The lowest BCUT2D eigenvalue weighted by Crippen LogP contribution is -2.42. The highest BCUT2D eigenvalue weighted by Gasteiger charge is 2.42. The molecule has 7 heteroatoms. The third kappa shape index (κ3) is 3.15. The van der Waals surface area contributed by atoms with E-state index in [0.717, 1.165) is 0 Å². The summed E-state index contributed by atoms with van der Waals surface area (Å²) < 4.78 is 38.4. The second-order valence-corrected chi connectivity index (χ2v) is 5.01. The van der Waals surface area contributed by atoms with Crippen molar-refractivity contribution in [3.63, 3.8) is 0 Å². The van der Waals surface area contributed by atoms with Gasteiger partial charge in [-0.05, 0) is 25.0 Å². The van der Waals surface area contributed by atoms with E-state index in [9.17, 15) is 13.2 Å². The van der Waals surface area contributed by atoms with Crippen molar-refractivity contribution in [2.45, 2.75) is 19.0 Å². The molecule has 0 bridgehead atoms. The van der Waals surface area contributed by atoms with E-state index in [-0.39, 0.29) is 18.0 Å². The van der Waals surface area contributed by atoms with Crippen LogP contribution in [0.2, 0.25) is 0 Å². The third-order valence-corrected chi connectivity index (χ3v) is 3.46. The molecular formula is C12H14F3N3S. The molecule has 0 saturated carbocycles. The molecule has 1 atom stereocenters. The fourth-order valence-electron chi connectivity index (χ4n) is 2.28. The zero-order valence-corrected chi connectivity index (χ0v) is 11.0. The number of nitrogens with zero attached hydrogens (tertiary/aromatic N) is 2. The molecular weight excluding hydrogens is 275 g/mol. The number of nitrogens with two attached hydrogens (primary N) is 1. The number of hydrogen-bond donors (Lipinski definition) is 1. The van der Waals surface area contributed by atoms with Gasteiger partial charge in [0.05, 0.1) is 11.5 Å². The van der Waals surface area contributed by atoms with Crippen molar-refractivity contribution in [1.29, 1.82) is 0 Å². The summed E-state index contributed by atoms with van der Waals surface area (Å²) in [6, 6.07) is 3.35. The molecule has 2 heterocycles. The summed E-state index contributed by atoms with van der Waals surface area (Å²) in [6.07, 6.45) is -1.99. The van der Waals surface area contributed by atoms with Crippen LogP contribution in [0.25, 0.3) is 0 Å². The number of hydrogen-bond acceptors (Lipinski definition) is 3. The maximum Gasteiger partial charge on any atom is 0.393 e. The summed E-state index contributed by atoms with van der Waals surface area (Å²) in [5.41, 5.74) is 6.11. The first-order valence-electron chi connectivity index (χ1n) is 5.96. The molecule has 3 nitrogen and oxygen atoms in total. The van der Waals surface area contributed by atoms with Gasteiger partial charge in [0.15, 0.2) is 0 Å². The van der Waals surface area contributed by atoms with Crippen molar-refractivity contribution >= 4 is 23.0 Å². The van der Waals surface area contributed by atoms with Gasteiger partial charge in [-0.1, -0.05) is 12.2 Å². The number of alkyl halides is 3. The van der Waals surface area contributed by atoms with Crippen LogP contribution < -0.4 is 10.6 Å². The zero-order valence-electron chi connectivity index (χ0n) is 10.2. The Morgan fingerprint density at radius 2 is 2.21 bits per heavy atom. The molecule has 1 fully saturated rings. The number of rotatable bonds is 2. The Morgan fingerprint density at radius 3 is 2.84 bits per heavy atom. The number of anilines is 1. The molecule has 1 saturated heterocycles. The van der Waals surface area contributed by atoms with Crippen LogP contribution in [-0.4, -0.2) is 29.2 Å². The number of thiocarbonyl (C=S) groups is 1. The van der Waals surface area contributed by atoms with Crippen molar-refractivity contribution < 1.29 is 13.2 Å². The summed E-state index contributed by atoms with van der Waals surface area (Å²) in [4.78, 5) is 5.90. The van der Waals surface area contributed by atoms with Crippen LogP contribution in [0.3, 0.4) is 0 Å². The van der Waals surface area contributed by atoms with Gasteiger partial charge < -0.3 is 10.6 Å². The second-order valence-electron chi connectivity index (χ2n) is 4.57. The molecule has 0 radical (unpaired) electrons. The molecule has 0 amide bonds. The fraction of sp³-hybridized carbons (Fsp3) is 0.500. The minimum Gasteiger partial charge on any atom is -0.389 e. The molecule has 2 rings (SSSR count). The van der Waals surface area contributed by atoms with E-state index in [1.54, 1.807) is 17.0 Å².